The molecule has 1 saturated heterocycles. The predicted octanol–water partition coefficient (Wildman–Crippen LogP) is 3.00. The fourth-order valence-corrected chi connectivity index (χ4v) is 2.90. The van der Waals surface area contributed by atoms with Crippen LogP contribution in [-0.2, 0) is 0 Å². The Kier molecular flexibility index (Phi) is 2.98. The van der Waals surface area contributed by atoms with Crippen molar-refractivity contribution in [2.24, 2.45) is 0 Å². The van der Waals surface area contributed by atoms with E-state index in [0.717, 1.165) is 19.0 Å². The number of likely N-dealkylation sites (tertiary alicyclic amines) is 1. The molecule has 1 aliphatic carbocycles. The van der Waals surface area contributed by atoms with E-state index in [4.69, 9.17) is 0 Å². The standard InChI is InChI=1S/C14H18F2N2/c1-9-6-11(8-18(9)12-3-4-12)17-10-2-5-13(15)14(16)7-10/h2,5,7,9,11-12,17H,3-4,6,8H2,1H3. The zero-order valence-electron chi connectivity index (χ0n) is 10.5. The van der Waals surface area contributed by atoms with Crippen molar-refractivity contribution in [1.29, 1.82) is 0 Å². The van der Waals surface area contributed by atoms with Gasteiger partial charge in [0, 0.05) is 36.4 Å². The van der Waals surface area contributed by atoms with Crippen LogP contribution in [0.25, 0.3) is 0 Å². The Hall–Kier alpha value is -1.16. The van der Waals surface area contributed by atoms with Gasteiger partial charge in [0.15, 0.2) is 11.6 Å². The van der Waals surface area contributed by atoms with Crippen LogP contribution >= 0.6 is 0 Å². The molecule has 1 N–H and O–H groups in total. The summed E-state index contributed by atoms with van der Waals surface area (Å²) in [6.45, 7) is 3.25. The Labute approximate surface area is 106 Å². The second kappa shape index (κ2) is 4.50. The molecule has 0 aromatic heterocycles. The third kappa shape index (κ3) is 2.34. The van der Waals surface area contributed by atoms with Gasteiger partial charge in [-0.25, -0.2) is 8.78 Å². The summed E-state index contributed by atoms with van der Waals surface area (Å²) in [5, 5.41) is 3.30. The molecule has 1 aliphatic heterocycles. The van der Waals surface area contributed by atoms with Gasteiger partial charge in [-0.3, -0.25) is 4.90 Å². The van der Waals surface area contributed by atoms with Gasteiger partial charge in [-0.2, -0.15) is 0 Å². The second-order valence-electron chi connectivity index (χ2n) is 5.48. The molecular formula is C14H18F2N2. The molecule has 3 rings (SSSR count). The SMILES string of the molecule is CC1CC(Nc2ccc(F)c(F)c2)CN1C1CC1. The molecule has 1 aromatic rings. The predicted molar refractivity (Wildman–Crippen MR) is 67.6 cm³/mol. The van der Waals surface area contributed by atoms with E-state index >= 15 is 0 Å². The zero-order valence-corrected chi connectivity index (χ0v) is 10.5. The largest absolute Gasteiger partial charge is 0.381 e. The lowest BCUT2D eigenvalue weighted by molar-refractivity contribution is 0.257. The van der Waals surface area contributed by atoms with Crippen LogP contribution in [0.5, 0.6) is 0 Å². The summed E-state index contributed by atoms with van der Waals surface area (Å²) in [5.41, 5.74) is 0.670. The average Bonchev–Trinajstić information content (AvgIpc) is 3.09. The van der Waals surface area contributed by atoms with Gasteiger partial charge >= 0.3 is 0 Å². The van der Waals surface area contributed by atoms with Gasteiger partial charge in [0.05, 0.1) is 0 Å². The van der Waals surface area contributed by atoms with E-state index in [0.29, 0.717) is 17.8 Å². The fourth-order valence-electron chi connectivity index (χ4n) is 2.90. The molecule has 2 fully saturated rings. The number of rotatable bonds is 3. The highest BCUT2D eigenvalue weighted by atomic mass is 19.2. The average molecular weight is 252 g/mol. The molecule has 0 radical (unpaired) electrons. The van der Waals surface area contributed by atoms with Gasteiger partial charge in [-0.1, -0.05) is 0 Å². The van der Waals surface area contributed by atoms with Crippen molar-refractivity contribution in [3.8, 4) is 0 Å². The van der Waals surface area contributed by atoms with Crippen LogP contribution in [0.4, 0.5) is 14.5 Å². The number of anilines is 1. The van der Waals surface area contributed by atoms with E-state index in [1.165, 1.54) is 25.0 Å². The van der Waals surface area contributed by atoms with E-state index in [1.807, 2.05) is 0 Å². The Bertz CT molecular complexity index is 445. The number of hydrogen-bond donors (Lipinski definition) is 1. The van der Waals surface area contributed by atoms with Gasteiger partial charge in [0.25, 0.3) is 0 Å². The molecule has 1 heterocycles. The number of halogens is 2. The van der Waals surface area contributed by atoms with E-state index in [2.05, 4.69) is 17.1 Å². The highest BCUT2D eigenvalue weighted by Gasteiger charge is 2.38. The Balaban J connectivity index is 1.64. The van der Waals surface area contributed by atoms with E-state index in [1.54, 1.807) is 6.07 Å². The van der Waals surface area contributed by atoms with Crippen molar-refractivity contribution in [3.63, 3.8) is 0 Å². The Morgan fingerprint density at radius 3 is 2.67 bits per heavy atom. The molecular weight excluding hydrogens is 234 g/mol. The van der Waals surface area contributed by atoms with Crippen LogP contribution in [-0.4, -0.2) is 29.6 Å². The summed E-state index contributed by atoms with van der Waals surface area (Å²) in [6.07, 6.45) is 3.68. The zero-order chi connectivity index (χ0) is 12.7. The van der Waals surface area contributed by atoms with Crippen molar-refractivity contribution < 1.29 is 8.78 Å². The Morgan fingerprint density at radius 1 is 1.22 bits per heavy atom. The molecule has 0 spiro atoms. The Morgan fingerprint density at radius 2 is 2.00 bits per heavy atom. The first-order valence-corrected chi connectivity index (χ1v) is 6.61. The number of benzene rings is 1. The lowest BCUT2D eigenvalue weighted by atomic mass is 10.2. The first-order valence-electron chi connectivity index (χ1n) is 6.61. The van der Waals surface area contributed by atoms with Crippen molar-refractivity contribution in [1.82, 2.24) is 4.90 Å². The van der Waals surface area contributed by atoms with Crippen molar-refractivity contribution in [2.75, 3.05) is 11.9 Å². The monoisotopic (exact) mass is 252 g/mol. The first kappa shape index (κ1) is 11.9. The summed E-state index contributed by atoms with van der Waals surface area (Å²) in [7, 11) is 0. The van der Waals surface area contributed by atoms with Gasteiger partial charge < -0.3 is 5.32 Å². The van der Waals surface area contributed by atoms with Gasteiger partial charge in [-0.15, -0.1) is 0 Å². The fraction of sp³-hybridized carbons (Fsp3) is 0.571. The minimum atomic E-state index is -0.792. The topological polar surface area (TPSA) is 15.3 Å². The molecule has 2 nitrogen and oxygen atoms in total. The third-order valence-corrected chi connectivity index (χ3v) is 3.93. The molecule has 2 aliphatic rings. The quantitative estimate of drug-likeness (QED) is 0.889. The third-order valence-electron chi connectivity index (χ3n) is 3.93. The van der Waals surface area contributed by atoms with Gasteiger partial charge in [0.2, 0.25) is 0 Å². The minimum Gasteiger partial charge on any atom is -0.381 e. The van der Waals surface area contributed by atoms with E-state index < -0.39 is 11.6 Å². The molecule has 0 amide bonds. The maximum Gasteiger partial charge on any atom is 0.160 e. The minimum absolute atomic E-state index is 0.338. The van der Waals surface area contributed by atoms with Crippen LogP contribution in [0.2, 0.25) is 0 Å². The van der Waals surface area contributed by atoms with Crippen LogP contribution in [0.1, 0.15) is 26.2 Å². The highest BCUT2D eigenvalue weighted by Crippen LogP contribution is 2.34. The smallest absolute Gasteiger partial charge is 0.160 e. The van der Waals surface area contributed by atoms with Crippen molar-refractivity contribution >= 4 is 5.69 Å². The number of hydrogen-bond acceptors (Lipinski definition) is 2. The van der Waals surface area contributed by atoms with E-state index in [9.17, 15) is 8.78 Å². The van der Waals surface area contributed by atoms with Crippen LogP contribution < -0.4 is 5.32 Å². The van der Waals surface area contributed by atoms with Crippen LogP contribution in [0, 0.1) is 11.6 Å². The molecule has 4 heteroatoms. The lowest BCUT2D eigenvalue weighted by Gasteiger charge is -2.20. The summed E-state index contributed by atoms with van der Waals surface area (Å²) < 4.78 is 26.0. The van der Waals surface area contributed by atoms with Gasteiger partial charge in [-0.05, 0) is 38.3 Å². The van der Waals surface area contributed by atoms with Crippen molar-refractivity contribution in [2.45, 2.75) is 44.3 Å². The maximum absolute atomic E-state index is 13.1. The molecule has 0 bridgehead atoms. The van der Waals surface area contributed by atoms with Crippen molar-refractivity contribution in [3.05, 3.63) is 29.8 Å². The normalized spacial score (nSPS) is 28.6. The van der Waals surface area contributed by atoms with Gasteiger partial charge in [0.1, 0.15) is 0 Å². The van der Waals surface area contributed by atoms with E-state index in [-0.39, 0.29) is 0 Å². The second-order valence-corrected chi connectivity index (χ2v) is 5.48. The molecule has 2 atom stereocenters. The summed E-state index contributed by atoms with van der Waals surface area (Å²) >= 11 is 0. The molecule has 2 unspecified atom stereocenters. The lowest BCUT2D eigenvalue weighted by Crippen LogP contribution is -2.31. The number of nitrogens with one attached hydrogen (secondary N) is 1. The maximum atomic E-state index is 13.1. The summed E-state index contributed by atoms with van der Waals surface area (Å²) in [5.74, 6) is -1.58. The van der Waals surface area contributed by atoms with Crippen LogP contribution in [0.15, 0.2) is 18.2 Å². The summed E-state index contributed by atoms with van der Waals surface area (Å²) in [6, 6.07) is 5.69. The summed E-state index contributed by atoms with van der Waals surface area (Å²) in [4.78, 5) is 2.53. The molecule has 98 valence electrons. The highest BCUT2D eigenvalue weighted by molar-refractivity contribution is 5.44. The number of nitrogens with zero attached hydrogens (tertiary/aromatic N) is 1. The first-order chi connectivity index (χ1) is 8.63. The molecule has 1 aromatic carbocycles. The molecule has 1 saturated carbocycles. The van der Waals surface area contributed by atoms with Crippen LogP contribution in [0.3, 0.4) is 0 Å². The molecule has 18 heavy (non-hydrogen) atoms.